The molecule has 2 aromatic carbocycles. The molecule has 0 saturated carbocycles. The zero-order chi connectivity index (χ0) is 32.7. The van der Waals surface area contributed by atoms with Crippen molar-refractivity contribution in [3.8, 4) is 0 Å². The van der Waals surface area contributed by atoms with Crippen LogP contribution in [-0.4, -0.2) is 68.8 Å². The second kappa shape index (κ2) is 12.1. The van der Waals surface area contributed by atoms with Gasteiger partial charge in [0.1, 0.15) is 5.82 Å². The Morgan fingerprint density at radius 1 is 1.07 bits per heavy atom. The van der Waals surface area contributed by atoms with Gasteiger partial charge in [0.15, 0.2) is 0 Å². The fourth-order valence-electron chi connectivity index (χ4n) is 6.11. The molecule has 8 nitrogen and oxygen atoms in total. The molecule has 0 aliphatic carbocycles. The van der Waals surface area contributed by atoms with Crippen LogP contribution in [0.3, 0.4) is 0 Å². The van der Waals surface area contributed by atoms with Crippen molar-refractivity contribution in [2.45, 2.75) is 63.5 Å². The van der Waals surface area contributed by atoms with Gasteiger partial charge in [-0.05, 0) is 69.0 Å². The number of piperidine rings is 1. The van der Waals surface area contributed by atoms with Crippen molar-refractivity contribution in [1.29, 1.82) is 0 Å². The van der Waals surface area contributed by atoms with Crippen molar-refractivity contribution in [3.63, 3.8) is 0 Å². The zero-order valence-electron chi connectivity index (χ0n) is 25.2. The minimum Gasteiger partial charge on any atom is -0.481 e. The van der Waals surface area contributed by atoms with Gasteiger partial charge in [-0.2, -0.15) is 13.2 Å². The maximum absolute atomic E-state index is 16.9. The van der Waals surface area contributed by atoms with Crippen LogP contribution in [0.2, 0.25) is 0 Å². The van der Waals surface area contributed by atoms with Crippen molar-refractivity contribution in [1.82, 2.24) is 14.5 Å². The molecule has 1 aromatic heterocycles. The molecule has 2 N–H and O–H groups in total. The van der Waals surface area contributed by atoms with Gasteiger partial charge in [-0.3, -0.25) is 19.8 Å². The van der Waals surface area contributed by atoms with E-state index in [4.69, 9.17) is 0 Å². The highest BCUT2D eigenvalue weighted by Crippen LogP contribution is 2.43. The number of imidazole rings is 1. The SMILES string of the molecule is CC(C)(C)N1C[C@@H](c2ccc(F)cc2)[C@](F)(C(=O)Nc2nccn2Cc2ccc(C(F)(F)F)cc2N2CCC(C(=O)O)CC2)C1. The van der Waals surface area contributed by atoms with Crippen LogP contribution in [0.4, 0.5) is 33.6 Å². The molecule has 2 aliphatic heterocycles. The molecule has 3 aromatic rings. The number of rotatable bonds is 7. The Labute approximate surface area is 257 Å². The summed E-state index contributed by atoms with van der Waals surface area (Å²) in [6.45, 7) is 6.29. The van der Waals surface area contributed by atoms with Gasteiger partial charge in [0, 0.05) is 55.7 Å². The van der Waals surface area contributed by atoms with Crippen LogP contribution in [0.5, 0.6) is 0 Å². The Bertz CT molecular complexity index is 1540. The van der Waals surface area contributed by atoms with E-state index in [-0.39, 0.29) is 51.5 Å². The van der Waals surface area contributed by atoms with Crippen LogP contribution >= 0.6 is 0 Å². The Morgan fingerprint density at radius 2 is 1.73 bits per heavy atom. The Morgan fingerprint density at radius 3 is 2.33 bits per heavy atom. The van der Waals surface area contributed by atoms with Crippen LogP contribution in [0, 0.1) is 11.7 Å². The number of amides is 1. The molecule has 1 amide bonds. The van der Waals surface area contributed by atoms with E-state index in [0.717, 1.165) is 12.1 Å². The highest BCUT2D eigenvalue weighted by atomic mass is 19.4. The van der Waals surface area contributed by atoms with E-state index in [1.807, 2.05) is 25.7 Å². The number of nitrogens with one attached hydrogen (secondary N) is 1. The van der Waals surface area contributed by atoms with Gasteiger partial charge >= 0.3 is 12.1 Å². The molecule has 2 aliphatic rings. The lowest BCUT2D eigenvalue weighted by molar-refractivity contribution is -0.142. The predicted molar refractivity (Wildman–Crippen MR) is 158 cm³/mol. The third kappa shape index (κ3) is 6.82. The average Bonchev–Trinajstić information content (AvgIpc) is 3.57. The summed E-state index contributed by atoms with van der Waals surface area (Å²) in [7, 11) is 0. The quantitative estimate of drug-likeness (QED) is 0.314. The zero-order valence-corrected chi connectivity index (χ0v) is 25.2. The third-order valence-corrected chi connectivity index (χ3v) is 8.85. The van der Waals surface area contributed by atoms with Crippen LogP contribution in [0.15, 0.2) is 54.9 Å². The number of hydrogen-bond donors (Lipinski definition) is 2. The number of carboxylic acid groups (broad SMARTS) is 1. The van der Waals surface area contributed by atoms with Crippen LogP contribution < -0.4 is 10.2 Å². The van der Waals surface area contributed by atoms with Crippen molar-refractivity contribution < 1.29 is 36.6 Å². The fourth-order valence-corrected chi connectivity index (χ4v) is 6.11. The van der Waals surface area contributed by atoms with Gasteiger partial charge in [0.05, 0.1) is 18.0 Å². The summed E-state index contributed by atoms with van der Waals surface area (Å²) in [5.74, 6) is -3.79. The lowest BCUT2D eigenvalue weighted by Gasteiger charge is -2.34. The maximum atomic E-state index is 16.9. The minimum absolute atomic E-state index is 0.0107. The van der Waals surface area contributed by atoms with Gasteiger partial charge in [-0.25, -0.2) is 13.8 Å². The summed E-state index contributed by atoms with van der Waals surface area (Å²) < 4.78 is 73.1. The topological polar surface area (TPSA) is 90.7 Å². The number of carbonyl (C=O) groups is 2. The van der Waals surface area contributed by atoms with Gasteiger partial charge < -0.3 is 14.6 Å². The van der Waals surface area contributed by atoms with E-state index in [0.29, 0.717) is 16.8 Å². The average molecular weight is 634 g/mol. The first-order valence-electron chi connectivity index (χ1n) is 14.8. The standard InChI is InChI=1S/C32H36F5N5O3/c1-30(2,3)42-18-25(20-5-8-24(33)9-6-20)31(34,19-42)28(45)39-29-38-12-15-41(29)17-22-4-7-23(32(35,36)37)16-26(22)40-13-10-21(11-14-40)27(43)44/h4-9,12,15-16,21,25H,10-11,13-14,17-19H2,1-3H3,(H,43,44)(H,38,39,45)/t25-,31-/m0/s1. The molecule has 2 saturated heterocycles. The largest absolute Gasteiger partial charge is 0.481 e. The summed E-state index contributed by atoms with van der Waals surface area (Å²) in [5.41, 5.74) is -2.42. The summed E-state index contributed by atoms with van der Waals surface area (Å²) >= 11 is 0. The van der Waals surface area contributed by atoms with E-state index < -0.39 is 52.5 Å². The van der Waals surface area contributed by atoms with Crippen LogP contribution in [0.25, 0.3) is 0 Å². The van der Waals surface area contributed by atoms with Crippen molar-refractivity contribution in [2.75, 3.05) is 36.4 Å². The molecule has 0 radical (unpaired) electrons. The van der Waals surface area contributed by atoms with Gasteiger partial charge in [-0.1, -0.05) is 18.2 Å². The first-order valence-corrected chi connectivity index (χ1v) is 14.8. The number of anilines is 2. The highest BCUT2D eigenvalue weighted by molar-refractivity contribution is 5.97. The monoisotopic (exact) mass is 633 g/mol. The van der Waals surface area contributed by atoms with Gasteiger partial charge in [-0.15, -0.1) is 0 Å². The molecule has 242 valence electrons. The number of halogens is 5. The molecule has 0 bridgehead atoms. The van der Waals surface area contributed by atoms with E-state index >= 15 is 4.39 Å². The molecule has 45 heavy (non-hydrogen) atoms. The summed E-state index contributed by atoms with van der Waals surface area (Å²) in [6.07, 6.45) is -1.07. The number of alkyl halides is 4. The second-order valence-electron chi connectivity index (χ2n) is 12.8. The molecule has 13 heteroatoms. The van der Waals surface area contributed by atoms with Crippen LogP contribution in [0.1, 0.15) is 56.2 Å². The van der Waals surface area contributed by atoms with E-state index in [2.05, 4.69) is 10.3 Å². The molecule has 2 fully saturated rings. The van der Waals surface area contributed by atoms with Crippen molar-refractivity contribution in [3.05, 3.63) is 77.4 Å². The van der Waals surface area contributed by atoms with Crippen molar-refractivity contribution >= 4 is 23.5 Å². The molecule has 5 rings (SSSR count). The number of hydrogen-bond acceptors (Lipinski definition) is 5. The Hall–Kier alpha value is -4.00. The molecular weight excluding hydrogens is 597 g/mol. The maximum Gasteiger partial charge on any atom is 0.416 e. The van der Waals surface area contributed by atoms with Crippen molar-refractivity contribution in [2.24, 2.45) is 5.92 Å². The molecule has 0 spiro atoms. The van der Waals surface area contributed by atoms with E-state index in [1.54, 1.807) is 4.90 Å². The predicted octanol–water partition coefficient (Wildman–Crippen LogP) is 5.94. The smallest absolute Gasteiger partial charge is 0.416 e. The third-order valence-electron chi connectivity index (χ3n) is 8.85. The number of aromatic nitrogens is 2. The van der Waals surface area contributed by atoms with Crippen LogP contribution in [-0.2, 0) is 22.3 Å². The lowest BCUT2D eigenvalue weighted by atomic mass is 9.85. The first-order chi connectivity index (χ1) is 21.1. The molecule has 3 heterocycles. The first kappa shape index (κ1) is 32.4. The number of benzene rings is 2. The number of aliphatic carboxylic acids is 1. The number of carboxylic acids is 1. The Kier molecular flexibility index (Phi) is 8.69. The van der Waals surface area contributed by atoms with Gasteiger partial charge in [0.2, 0.25) is 11.6 Å². The highest BCUT2D eigenvalue weighted by Gasteiger charge is 2.55. The lowest BCUT2D eigenvalue weighted by Crippen LogP contribution is -2.47. The number of nitrogens with zero attached hydrogens (tertiary/aromatic N) is 4. The number of likely N-dealkylation sites (tertiary alicyclic amines) is 1. The van der Waals surface area contributed by atoms with E-state index in [1.165, 1.54) is 47.3 Å². The second-order valence-corrected chi connectivity index (χ2v) is 12.8. The fraction of sp³-hybridized carbons (Fsp3) is 0.469. The van der Waals surface area contributed by atoms with E-state index in [9.17, 15) is 32.3 Å². The molecular formula is C32H36F5N5O3. The number of carbonyl (C=O) groups excluding carboxylic acids is 1. The summed E-state index contributed by atoms with van der Waals surface area (Å²) in [4.78, 5) is 32.9. The minimum atomic E-state index is -4.58. The Balaban J connectivity index is 1.41. The summed E-state index contributed by atoms with van der Waals surface area (Å²) in [5, 5.41) is 12.0. The molecule has 2 atom stereocenters. The van der Waals surface area contributed by atoms with Gasteiger partial charge in [0.25, 0.3) is 5.91 Å². The molecule has 0 unspecified atom stereocenters. The summed E-state index contributed by atoms with van der Waals surface area (Å²) in [6, 6.07) is 8.78. The normalized spacial score (nSPS) is 21.7.